The molecule has 2 heterocycles. The maximum absolute atomic E-state index is 13.1. The van der Waals surface area contributed by atoms with Crippen LogP contribution in [0.4, 0.5) is 0 Å². The van der Waals surface area contributed by atoms with Crippen LogP contribution in [0, 0.1) is 0 Å². The molecule has 1 fully saturated rings. The molecule has 0 saturated carbocycles. The van der Waals surface area contributed by atoms with Gasteiger partial charge in [0.15, 0.2) is 23.1 Å². The third kappa shape index (κ3) is 4.66. The number of benzene rings is 2. The van der Waals surface area contributed by atoms with Crippen LogP contribution in [-0.2, 0) is 9.47 Å². The molecule has 11 nitrogen and oxygen atoms in total. The highest BCUT2D eigenvalue weighted by atomic mass is 16.7. The Labute approximate surface area is 217 Å². The first kappa shape index (κ1) is 25.9. The summed E-state index contributed by atoms with van der Waals surface area (Å²) in [6, 6.07) is 9.00. The second-order valence-corrected chi connectivity index (χ2v) is 9.21. The zero-order chi connectivity index (χ0) is 27.0. The number of hydrogen-bond donors (Lipinski definition) is 6. The van der Waals surface area contributed by atoms with Crippen molar-refractivity contribution in [1.29, 1.82) is 0 Å². The van der Waals surface area contributed by atoms with Gasteiger partial charge in [0.1, 0.15) is 24.4 Å². The SMILES string of the molecule is NC1=CC(CCOC2C(Oc3ccc4c(c3O)C(=O)c3ccccc3C4=O)OC(CO)C(O)C2O)=CCN1. The molecule has 1 aliphatic carbocycles. The summed E-state index contributed by atoms with van der Waals surface area (Å²) in [6.45, 7) is 0.0600. The van der Waals surface area contributed by atoms with E-state index >= 15 is 0 Å². The first-order valence-electron chi connectivity index (χ1n) is 12.1. The first-order valence-corrected chi connectivity index (χ1v) is 12.1. The number of phenols is 1. The number of dihydropyridines is 1. The maximum Gasteiger partial charge on any atom is 0.229 e. The number of phenolic OH excluding ortho intramolecular Hbond substituents is 1. The lowest BCUT2D eigenvalue weighted by Gasteiger charge is -2.41. The fraction of sp³-hybridized carbons (Fsp3) is 0.333. The summed E-state index contributed by atoms with van der Waals surface area (Å²) in [5.74, 6) is -1.20. The number of ketones is 2. The minimum atomic E-state index is -1.50. The summed E-state index contributed by atoms with van der Waals surface area (Å²) >= 11 is 0. The molecule has 7 N–H and O–H groups in total. The molecule has 2 aliphatic heterocycles. The van der Waals surface area contributed by atoms with E-state index in [1.54, 1.807) is 24.3 Å². The van der Waals surface area contributed by atoms with Gasteiger partial charge in [0.25, 0.3) is 0 Å². The van der Waals surface area contributed by atoms with Gasteiger partial charge in [-0.3, -0.25) is 9.59 Å². The van der Waals surface area contributed by atoms with Crippen molar-refractivity contribution >= 4 is 11.6 Å². The van der Waals surface area contributed by atoms with E-state index in [2.05, 4.69) is 5.32 Å². The molecule has 38 heavy (non-hydrogen) atoms. The van der Waals surface area contributed by atoms with Gasteiger partial charge in [-0.05, 0) is 30.2 Å². The lowest BCUT2D eigenvalue weighted by molar-refractivity contribution is -0.287. The third-order valence-corrected chi connectivity index (χ3v) is 6.81. The van der Waals surface area contributed by atoms with Crippen LogP contribution in [-0.4, -0.2) is 82.5 Å². The summed E-state index contributed by atoms with van der Waals surface area (Å²) in [5, 5.41) is 44.7. The Balaban J connectivity index is 1.39. The fourth-order valence-electron chi connectivity index (χ4n) is 4.80. The number of nitrogens with two attached hydrogens (primary N) is 1. The van der Waals surface area contributed by atoms with E-state index in [0.29, 0.717) is 18.8 Å². The van der Waals surface area contributed by atoms with E-state index in [1.165, 1.54) is 18.2 Å². The van der Waals surface area contributed by atoms with Crippen molar-refractivity contribution in [3.05, 3.63) is 82.2 Å². The minimum absolute atomic E-state index is 0.0298. The van der Waals surface area contributed by atoms with Crippen LogP contribution in [0.25, 0.3) is 0 Å². The van der Waals surface area contributed by atoms with Crippen LogP contribution >= 0.6 is 0 Å². The van der Waals surface area contributed by atoms with Gasteiger partial charge in [-0.1, -0.05) is 30.3 Å². The zero-order valence-electron chi connectivity index (χ0n) is 20.2. The molecule has 0 spiro atoms. The number of allylic oxidation sites excluding steroid dienone is 1. The predicted molar refractivity (Wildman–Crippen MR) is 133 cm³/mol. The summed E-state index contributed by atoms with van der Waals surface area (Å²) < 4.78 is 17.4. The van der Waals surface area contributed by atoms with Crippen LogP contribution in [0.2, 0.25) is 0 Å². The van der Waals surface area contributed by atoms with Crippen LogP contribution in [0.5, 0.6) is 11.5 Å². The van der Waals surface area contributed by atoms with Gasteiger partial charge in [-0.15, -0.1) is 0 Å². The average molecular weight is 525 g/mol. The molecule has 5 unspecified atom stereocenters. The van der Waals surface area contributed by atoms with Gasteiger partial charge >= 0.3 is 0 Å². The van der Waals surface area contributed by atoms with Gasteiger partial charge in [0.05, 0.1) is 24.6 Å². The predicted octanol–water partition coefficient (Wildman–Crippen LogP) is 0.0904. The number of rotatable bonds is 7. The minimum Gasteiger partial charge on any atom is -0.504 e. The highest BCUT2D eigenvalue weighted by molar-refractivity contribution is 6.29. The molecule has 0 bridgehead atoms. The molecular weight excluding hydrogens is 496 g/mol. The Kier molecular flexibility index (Phi) is 7.19. The van der Waals surface area contributed by atoms with E-state index in [-0.39, 0.29) is 34.6 Å². The normalized spacial score (nSPS) is 26.6. The Morgan fingerprint density at radius 2 is 1.76 bits per heavy atom. The molecule has 2 aromatic rings. The van der Waals surface area contributed by atoms with Gasteiger partial charge < -0.3 is 45.7 Å². The first-order chi connectivity index (χ1) is 18.3. The molecule has 200 valence electrons. The Morgan fingerprint density at radius 1 is 1.03 bits per heavy atom. The molecule has 2 aromatic carbocycles. The molecular formula is C27H28N2O9. The van der Waals surface area contributed by atoms with Crippen molar-refractivity contribution in [2.75, 3.05) is 19.8 Å². The van der Waals surface area contributed by atoms with E-state index in [9.17, 15) is 30.0 Å². The van der Waals surface area contributed by atoms with Crippen LogP contribution in [0.1, 0.15) is 38.3 Å². The maximum atomic E-state index is 13.1. The van der Waals surface area contributed by atoms with Gasteiger partial charge in [-0.25, -0.2) is 0 Å². The molecule has 11 heteroatoms. The van der Waals surface area contributed by atoms with Crippen LogP contribution < -0.4 is 15.8 Å². The summed E-state index contributed by atoms with van der Waals surface area (Å²) in [6.07, 6.45) is -2.62. The molecule has 5 atom stereocenters. The van der Waals surface area contributed by atoms with Gasteiger partial charge in [-0.2, -0.15) is 0 Å². The Morgan fingerprint density at radius 3 is 2.47 bits per heavy atom. The number of fused-ring (bicyclic) bond motifs is 2. The van der Waals surface area contributed by atoms with Gasteiger partial charge in [0, 0.05) is 23.2 Å². The monoisotopic (exact) mass is 524 g/mol. The van der Waals surface area contributed by atoms with Crippen molar-refractivity contribution in [2.24, 2.45) is 5.73 Å². The summed E-state index contributed by atoms with van der Waals surface area (Å²) in [4.78, 5) is 26.1. The number of carbonyl (C=O) groups is 2. The van der Waals surface area contributed by atoms with Crippen molar-refractivity contribution < 1.29 is 44.2 Å². The molecule has 3 aliphatic rings. The highest BCUT2D eigenvalue weighted by Gasteiger charge is 2.47. The molecule has 0 radical (unpaired) electrons. The quantitative estimate of drug-likeness (QED) is 0.246. The fourth-order valence-corrected chi connectivity index (χ4v) is 4.80. The summed E-state index contributed by atoms with van der Waals surface area (Å²) in [7, 11) is 0. The number of carbonyl (C=O) groups excluding carboxylic acids is 2. The lowest BCUT2D eigenvalue weighted by atomic mass is 9.83. The topological polar surface area (TPSA) is 181 Å². The van der Waals surface area contributed by atoms with E-state index < -0.39 is 54.6 Å². The zero-order valence-corrected chi connectivity index (χ0v) is 20.2. The Bertz CT molecular complexity index is 1320. The summed E-state index contributed by atoms with van der Waals surface area (Å²) in [5.41, 5.74) is 6.92. The number of ether oxygens (including phenoxy) is 3. The Hall–Kier alpha value is -3.74. The number of aromatic hydroxyl groups is 1. The van der Waals surface area contributed by atoms with Crippen molar-refractivity contribution in [3.63, 3.8) is 0 Å². The highest BCUT2D eigenvalue weighted by Crippen LogP contribution is 2.40. The average Bonchev–Trinajstić information content (AvgIpc) is 2.92. The van der Waals surface area contributed by atoms with E-state index in [4.69, 9.17) is 19.9 Å². The van der Waals surface area contributed by atoms with E-state index in [1.807, 2.05) is 6.08 Å². The number of aliphatic hydroxyl groups is 3. The standard InChI is InChI=1S/C27H28N2O9/c28-19-11-13(7-9-29-19)8-10-36-26-25(35)24(34)18(12-30)38-27(26)37-17-6-5-16-20(23(17)33)22(32)15-4-2-1-3-14(15)21(16)31/h1-7,11,18,24-27,29-30,33-35H,8-10,12,28H2. The molecule has 0 amide bonds. The van der Waals surface area contributed by atoms with Crippen molar-refractivity contribution in [2.45, 2.75) is 37.1 Å². The van der Waals surface area contributed by atoms with Crippen LogP contribution in [0.15, 0.2) is 59.9 Å². The smallest absolute Gasteiger partial charge is 0.229 e. The number of nitrogens with one attached hydrogen (secondary N) is 1. The second kappa shape index (κ2) is 10.6. The largest absolute Gasteiger partial charge is 0.504 e. The van der Waals surface area contributed by atoms with Gasteiger partial charge in [0.2, 0.25) is 6.29 Å². The lowest BCUT2D eigenvalue weighted by Crippen LogP contribution is -2.61. The molecule has 5 rings (SSSR count). The van der Waals surface area contributed by atoms with E-state index in [0.717, 1.165) is 5.57 Å². The number of hydrogen-bond acceptors (Lipinski definition) is 11. The van der Waals surface area contributed by atoms with Crippen molar-refractivity contribution in [1.82, 2.24) is 5.32 Å². The molecule has 1 saturated heterocycles. The number of aliphatic hydroxyl groups excluding tert-OH is 3. The molecule has 0 aromatic heterocycles. The second-order valence-electron chi connectivity index (χ2n) is 9.21. The van der Waals surface area contributed by atoms with Crippen molar-refractivity contribution in [3.8, 4) is 11.5 Å². The third-order valence-electron chi connectivity index (χ3n) is 6.81. The van der Waals surface area contributed by atoms with Crippen LogP contribution in [0.3, 0.4) is 0 Å².